The molecule has 4 nitrogen and oxygen atoms in total. The lowest BCUT2D eigenvalue weighted by atomic mass is 9.94. The molecular weight excluding hydrogens is 240 g/mol. The summed E-state index contributed by atoms with van der Waals surface area (Å²) in [5.74, 6) is 1.48. The summed E-state index contributed by atoms with van der Waals surface area (Å²) in [7, 11) is 1.59. The number of piperidine rings is 1. The Morgan fingerprint density at radius 1 is 1.42 bits per heavy atom. The molecule has 0 saturated carbocycles. The zero-order chi connectivity index (χ0) is 13.8. The van der Waals surface area contributed by atoms with Crippen LogP contribution in [0.25, 0.3) is 0 Å². The van der Waals surface area contributed by atoms with Gasteiger partial charge < -0.3 is 15.4 Å². The second kappa shape index (κ2) is 5.95. The maximum atomic E-state index is 12.4. The fourth-order valence-corrected chi connectivity index (χ4v) is 2.58. The number of hydrogen-bond acceptors (Lipinski definition) is 3. The van der Waals surface area contributed by atoms with E-state index < -0.39 is 0 Å². The third-order valence-corrected chi connectivity index (χ3v) is 3.97. The first-order valence-corrected chi connectivity index (χ1v) is 6.88. The van der Waals surface area contributed by atoms with Gasteiger partial charge in [0.25, 0.3) is 5.91 Å². The van der Waals surface area contributed by atoms with Crippen LogP contribution < -0.4 is 10.5 Å². The number of nitrogen functional groups attached to an aromatic ring is 1. The lowest BCUT2D eigenvalue weighted by molar-refractivity contribution is 0.0690. The fraction of sp³-hybridized carbons (Fsp3) is 0.533. The minimum atomic E-state index is 0.0368. The highest BCUT2D eigenvalue weighted by Crippen LogP contribution is 2.25. The molecule has 0 unspecified atom stereocenters. The van der Waals surface area contributed by atoms with Gasteiger partial charge in [-0.15, -0.1) is 0 Å². The Morgan fingerprint density at radius 2 is 2.11 bits per heavy atom. The average Bonchev–Trinajstić information content (AvgIpc) is 2.46. The van der Waals surface area contributed by atoms with Crippen molar-refractivity contribution in [2.24, 2.45) is 5.92 Å². The second-order valence-corrected chi connectivity index (χ2v) is 5.10. The molecule has 2 rings (SSSR count). The van der Waals surface area contributed by atoms with Crippen molar-refractivity contribution in [1.29, 1.82) is 0 Å². The van der Waals surface area contributed by atoms with Crippen LogP contribution >= 0.6 is 0 Å². The molecule has 0 aromatic heterocycles. The van der Waals surface area contributed by atoms with Crippen LogP contribution in [0, 0.1) is 5.92 Å². The highest BCUT2D eigenvalue weighted by molar-refractivity contribution is 5.99. The Kier molecular flexibility index (Phi) is 4.30. The normalized spacial score (nSPS) is 16.4. The van der Waals surface area contributed by atoms with E-state index in [0.717, 1.165) is 31.8 Å². The summed E-state index contributed by atoms with van der Waals surface area (Å²) in [5.41, 5.74) is 7.00. The van der Waals surface area contributed by atoms with E-state index in [4.69, 9.17) is 10.5 Å². The lowest BCUT2D eigenvalue weighted by Crippen LogP contribution is -2.38. The Balaban J connectivity index is 2.08. The van der Waals surface area contributed by atoms with Crippen LogP contribution in [0.1, 0.15) is 36.5 Å². The van der Waals surface area contributed by atoms with Gasteiger partial charge >= 0.3 is 0 Å². The van der Waals surface area contributed by atoms with E-state index in [2.05, 4.69) is 6.92 Å². The fourth-order valence-electron chi connectivity index (χ4n) is 2.58. The van der Waals surface area contributed by atoms with E-state index in [9.17, 15) is 4.79 Å². The monoisotopic (exact) mass is 262 g/mol. The molecule has 0 spiro atoms. The number of nitrogens with zero attached hydrogens (tertiary/aromatic N) is 1. The number of benzene rings is 1. The van der Waals surface area contributed by atoms with E-state index in [1.807, 2.05) is 4.90 Å². The molecule has 1 amide bonds. The van der Waals surface area contributed by atoms with Crippen molar-refractivity contribution < 1.29 is 9.53 Å². The van der Waals surface area contributed by atoms with Gasteiger partial charge in [0.2, 0.25) is 0 Å². The largest absolute Gasteiger partial charge is 0.497 e. The van der Waals surface area contributed by atoms with E-state index in [0.29, 0.717) is 17.0 Å². The summed E-state index contributed by atoms with van der Waals surface area (Å²) < 4.78 is 5.10. The van der Waals surface area contributed by atoms with Crippen molar-refractivity contribution in [3.05, 3.63) is 23.8 Å². The van der Waals surface area contributed by atoms with Gasteiger partial charge in [0.1, 0.15) is 5.75 Å². The molecular formula is C15H22N2O2. The summed E-state index contributed by atoms with van der Waals surface area (Å²) in [5, 5.41) is 0. The highest BCUT2D eigenvalue weighted by atomic mass is 16.5. The number of amides is 1. The van der Waals surface area contributed by atoms with Crippen LogP contribution in [-0.2, 0) is 0 Å². The standard InChI is InChI=1S/C15H22N2O2/c1-3-11-6-8-17(9-7-11)15(18)13-5-4-12(19-2)10-14(13)16/h4-5,10-11H,3,6-9,16H2,1-2H3. The first-order valence-electron chi connectivity index (χ1n) is 6.88. The summed E-state index contributed by atoms with van der Waals surface area (Å²) in [6.45, 7) is 3.88. The van der Waals surface area contributed by atoms with E-state index in [1.54, 1.807) is 25.3 Å². The van der Waals surface area contributed by atoms with Crippen molar-refractivity contribution in [3.8, 4) is 5.75 Å². The number of nitrogens with two attached hydrogens (primary N) is 1. The van der Waals surface area contributed by atoms with Crippen molar-refractivity contribution >= 4 is 11.6 Å². The number of ether oxygens (including phenoxy) is 1. The van der Waals surface area contributed by atoms with E-state index in [1.165, 1.54) is 6.42 Å². The summed E-state index contributed by atoms with van der Waals surface area (Å²) in [4.78, 5) is 14.3. The minimum Gasteiger partial charge on any atom is -0.497 e. The van der Waals surface area contributed by atoms with Gasteiger partial charge in [-0.1, -0.05) is 13.3 Å². The van der Waals surface area contributed by atoms with Gasteiger partial charge in [-0.05, 0) is 30.9 Å². The third-order valence-electron chi connectivity index (χ3n) is 3.97. The third kappa shape index (κ3) is 3.00. The van der Waals surface area contributed by atoms with E-state index >= 15 is 0 Å². The molecule has 4 heteroatoms. The SMILES string of the molecule is CCC1CCN(C(=O)c2ccc(OC)cc2N)CC1. The molecule has 1 saturated heterocycles. The Bertz CT molecular complexity index is 451. The average molecular weight is 262 g/mol. The van der Waals surface area contributed by atoms with Crippen LogP contribution in [0.4, 0.5) is 5.69 Å². The molecule has 19 heavy (non-hydrogen) atoms. The summed E-state index contributed by atoms with van der Waals surface area (Å²) in [6.07, 6.45) is 3.39. The number of hydrogen-bond donors (Lipinski definition) is 1. The van der Waals surface area contributed by atoms with Gasteiger partial charge in [-0.25, -0.2) is 0 Å². The molecule has 1 heterocycles. The van der Waals surface area contributed by atoms with Crippen LogP contribution in [0.15, 0.2) is 18.2 Å². The molecule has 0 atom stereocenters. The molecule has 1 fully saturated rings. The first-order chi connectivity index (χ1) is 9.15. The number of carbonyl (C=O) groups is 1. The van der Waals surface area contributed by atoms with Crippen LogP contribution in [-0.4, -0.2) is 31.0 Å². The quantitative estimate of drug-likeness (QED) is 0.852. The first kappa shape index (κ1) is 13.7. The summed E-state index contributed by atoms with van der Waals surface area (Å²) in [6, 6.07) is 5.23. The summed E-state index contributed by atoms with van der Waals surface area (Å²) >= 11 is 0. The second-order valence-electron chi connectivity index (χ2n) is 5.10. The predicted octanol–water partition coefficient (Wildman–Crippen LogP) is 2.54. The van der Waals surface area contributed by atoms with Crippen molar-refractivity contribution in [1.82, 2.24) is 4.90 Å². The molecule has 0 aliphatic carbocycles. The topological polar surface area (TPSA) is 55.6 Å². The smallest absolute Gasteiger partial charge is 0.255 e. The Labute approximate surface area is 114 Å². The molecule has 0 bridgehead atoms. The predicted molar refractivity (Wildman–Crippen MR) is 76.3 cm³/mol. The van der Waals surface area contributed by atoms with Crippen molar-refractivity contribution in [2.45, 2.75) is 26.2 Å². The van der Waals surface area contributed by atoms with Gasteiger partial charge in [0.15, 0.2) is 0 Å². The minimum absolute atomic E-state index is 0.0368. The van der Waals surface area contributed by atoms with Crippen molar-refractivity contribution in [3.63, 3.8) is 0 Å². The van der Waals surface area contributed by atoms with Crippen LogP contribution in [0.2, 0.25) is 0 Å². The molecule has 1 aromatic rings. The number of methoxy groups -OCH3 is 1. The van der Waals surface area contributed by atoms with E-state index in [-0.39, 0.29) is 5.91 Å². The van der Waals surface area contributed by atoms with Crippen LogP contribution in [0.5, 0.6) is 5.75 Å². The highest BCUT2D eigenvalue weighted by Gasteiger charge is 2.23. The zero-order valence-electron chi connectivity index (χ0n) is 11.7. The number of rotatable bonds is 3. The maximum Gasteiger partial charge on any atom is 0.255 e. The molecule has 1 aromatic carbocycles. The van der Waals surface area contributed by atoms with Gasteiger partial charge in [0.05, 0.1) is 12.7 Å². The lowest BCUT2D eigenvalue weighted by Gasteiger charge is -2.31. The molecule has 1 aliphatic rings. The van der Waals surface area contributed by atoms with Crippen molar-refractivity contribution in [2.75, 3.05) is 25.9 Å². The van der Waals surface area contributed by atoms with Crippen LogP contribution in [0.3, 0.4) is 0 Å². The van der Waals surface area contributed by atoms with Gasteiger partial charge in [-0.2, -0.15) is 0 Å². The molecule has 2 N–H and O–H groups in total. The Morgan fingerprint density at radius 3 is 2.63 bits per heavy atom. The number of likely N-dealkylation sites (tertiary alicyclic amines) is 1. The number of carbonyl (C=O) groups excluding carboxylic acids is 1. The van der Waals surface area contributed by atoms with Gasteiger partial charge in [0, 0.05) is 24.8 Å². The maximum absolute atomic E-state index is 12.4. The zero-order valence-corrected chi connectivity index (χ0v) is 11.7. The molecule has 1 aliphatic heterocycles. The Hall–Kier alpha value is -1.71. The molecule has 0 radical (unpaired) electrons. The van der Waals surface area contributed by atoms with Gasteiger partial charge in [-0.3, -0.25) is 4.79 Å². The number of anilines is 1. The molecule has 104 valence electrons.